The zero-order chi connectivity index (χ0) is 15.7. The Bertz CT molecular complexity index is 788. The van der Waals surface area contributed by atoms with Crippen molar-refractivity contribution < 1.29 is 17.5 Å². The smallest absolute Gasteiger partial charge is 0.264 e. The maximum Gasteiger partial charge on any atom is 0.264 e. The van der Waals surface area contributed by atoms with Crippen molar-refractivity contribution in [3.05, 3.63) is 53.8 Å². The molecule has 6 heteroatoms. The standard InChI is InChI=1S/C16H16FNO3S/c1-21-13-7-9-14(10-8-13)22(19,20)18-11-3-5-12-4-2-6-15(17)16(12)18/h2,4,6-10H,3,5,11H2,1H3. The summed E-state index contributed by atoms with van der Waals surface area (Å²) in [6, 6.07) is 10.8. The van der Waals surface area contributed by atoms with E-state index in [1.165, 1.54) is 29.6 Å². The van der Waals surface area contributed by atoms with E-state index in [0.717, 1.165) is 5.56 Å². The number of fused-ring (bicyclic) bond motifs is 1. The van der Waals surface area contributed by atoms with Crippen molar-refractivity contribution in [3.8, 4) is 5.75 Å². The largest absolute Gasteiger partial charge is 0.497 e. The van der Waals surface area contributed by atoms with E-state index >= 15 is 0 Å². The molecule has 1 aliphatic heterocycles. The lowest BCUT2D eigenvalue weighted by atomic mass is 10.0. The first-order valence-corrected chi connectivity index (χ1v) is 8.42. The normalized spacial score (nSPS) is 14.5. The summed E-state index contributed by atoms with van der Waals surface area (Å²) in [5.41, 5.74) is 0.896. The summed E-state index contributed by atoms with van der Waals surface area (Å²) in [6.07, 6.45) is 1.35. The lowest BCUT2D eigenvalue weighted by Crippen LogP contribution is -2.36. The topological polar surface area (TPSA) is 46.6 Å². The number of para-hydroxylation sites is 1. The number of aryl methyl sites for hydroxylation is 1. The van der Waals surface area contributed by atoms with Crippen LogP contribution in [0.3, 0.4) is 0 Å². The number of hydrogen-bond acceptors (Lipinski definition) is 3. The quantitative estimate of drug-likeness (QED) is 0.873. The summed E-state index contributed by atoms with van der Waals surface area (Å²) in [5, 5.41) is 0. The molecule has 1 heterocycles. The van der Waals surface area contributed by atoms with Crippen LogP contribution in [-0.4, -0.2) is 22.1 Å². The molecule has 4 nitrogen and oxygen atoms in total. The van der Waals surface area contributed by atoms with Gasteiger partial charge in [-0.2, -0.15) is 0 Å². The van der Waals surface area contributed by atoms with Gasteiger partial charge in [0, 0.05) is 6.54 Å². The zero-order valence-corrected chi connectivity index (χ0v) is 12.9. The summed E-state index contributed by atoms with van der Waals surface area (Å²) < 4.78 is 46.0. The average molecular weight is 321 g/mol. The van der Waals surface area contributed by atoms with Crippen LogP contribution in [0, 0.1) is 5.82 Å². The minimum Gasteiger partial charge on any atom is -0.497 e. The Balaban J connectivity index is 2.07. The van der Waals surface area contributed by atoms with Crippen LogP contribution < -0.4 is 9.04 Å². The predicted molar refractivity (Wildman–Crippen MR) is 82.2 cm³/mol. The molecule has 0 bridgehead atoms. The van der Waals surface area contributed by atoms with E-state index in [0.29, 0.717) is 18.6 Å². The second kappa shape index (κ2) is 5.61. The highest BCUT2D eigenvalue weighted by Gasteiger charge is 2.31. The highest BCUT2D eigenvalue weighted by Crippen LogP contribution is 2.34. The molecule has 0 aromatic heterocycles. The van der Waals surface area contributed by atoms with Crippen LogP contribution in [0.15, 0.2) is 47.4 Å². The lowest BCUT2D eigenvalue weighted by molar-refractivity contribution is 0.414. The second-order valence-electron chi connectivity index (χ2n) is 5.10. The first-order valence-electron chi connectivity index (χ1n) is 6.98. The van der Waals surface area contributed by atoms with Crippen LogP contribution in [-0.2, 0) is 16.4 Å². The van der Waals surface area contributed by atoms with Gasteiger partial charge in [0.1, 0.15) is 11.6 Å². The fourth-order valence-electron chi connectivity index (χ4n) is 2.68. The van der Waals surface area contributed by atoms with Crippen molar-refractivity contribution in [1.82, 2.24) is 0 Å². The van der Waals surface area contributed by atoms with Crippen LogP contribution >= 0.6 is 0 Å². The number of anilines is 1. The average Bonchev–Trinajstić information content (AvgIpc) is 2.54. The van der Waals surface area contributed by atoms with Crippen molar-refractivity contribution in [1.29, 1.82) is 0 Å². The maximum atomic E-state index is 14.2. The third-order valence-corrected chi connectivity index (χ3v) is 5.59. The van der Waals surface area contributed by atoms with Crippen LogP contribution in [0.1, 0.15) is 12.0 Å². The number of sulfonamides is 1. The molecule has 2 aromatic rings. The molecular weight excluding hydrogens is 305 g/mol. The molecule has 0 fully saturated rings. The van der Waals surface area contributed by atoms with E-state index in [9.17, 15) is 12.8 Å². The van der Waals surface area contributed by atoms with Crippen LogP contribution in [0.25, 0.3) is 0 Å². The first-order chi connectivity index (χ1) is 10.5. The van der Waals surface area contributed by atoms with Crippen molar-refractivity contribution in [2.75, 3.05) is 18.0 Å². The number of ether oxygens (including phenoxy) is 1. The Labute approximate surface area is 129 Å². The summed E-state index contributed by atoms with van der Waals surface area (Å²) in [6.45, 7) is 0.280. The zero-order valence-electron chi connectivity index (χ0n) is 12.1. The number of hydrogen-bond donors (Lipinski definition) is 0. The Kier molecular flexibility index (Phi) is 3.78. The van der Waals surface area contributed by atoms with Gasteiger partial charge >= 0.3 is 0 Å². The number of nitrogens with zero attached hydrogens (tertiary/aromatic N) is 1. The van der Waals surface area contributed by atoms with Crippen molar-refractivity contribution >= 4 is 15.7 Å². The Morgan fingerprint density at radius 2 is 1.86 bits per heavy atom. The molecule has 0 saturated carbocycles. The molecule has 0 saturated heterocycles. The van der Waals surface area contributed by atoms with Gasteiger partial charge in [0.15, 0.2) is 0 Å². The molecule has 0 unspecified atom stereocenters. The minimum absolute atomic E-state index is 0.129. The van der Waals surface area contributed by atoms with Crippen LogP contribution in [0.4, 0.5) is 10.1 Å². The summed E-state index contributed by atoms with van der Waals surface area (Å²) in [7, 11) is -2.27. The maximum absolute atomic E-state index is 14.2. The van der Waals surface area contributed by atoms with Crippen LogP contribution in [0.5, 0.6) is 5.75 Å². The van der Waals surface area contributed by atoms with E-state index in [2.05, 4.69) is 0 Å². The van der Waals surface area contributed by atoms with E-state index in [-0.39, 0.29) is 17.1 Å². The van der Waals surface area contributed by atoms with E-state index in [1.807, 2.05) is 0 Å². The van der Waals surface area contributed by atoms with Gasteiger partial charge < -0.3 is 4.74 Å². The summed E-state index contributed by atoms with van der Waals surface area (Å²) in [4.78, 5) is 0.129. The van der Waals surface area contributed by atoms with Crippen molar-refractivity contribution in [3.63, 3.8) is 0 Å². The molecule has 0 atom stereocenters. The molecule has 0 aliphatic carbocycles. The fraction of sp³-hybridized carbons (Fsp3) is 0.250. The number of benzene rings is 2. The number of halogens is 1. The molecule has 2 aromatic carbocycles. The molecular formula is C16H16FNO3S. The van der Waals surface area contributed by atoms with Crippen LogP contribution in [0.2, 0.25) is 0 Å². The van der Waals surface area contributed by atoms with Gasteiger partial charge in [0.25, 0.3) is 10.0 Å². The fourth-order valence-corrected chi connectivity index (χ4v) is 4.23. The summed E-state index contributed by atoms with van der Waals surface area (Å²) in [5.74, 6) is 0.0680. The SMILES string of the molecule is COc1ccc(S(=O)(=O)N2CCCc3cccc(F)c32)cc1. The van der Waals surface area contributed by atoms with Gasteiger partial charge in [-0.3, -0.25) is 4.31 Å². The Morgan fingerprint density at radius 3 is 2.55 bits per heavy atom. The number of rotatable bonds is 3. The lowest BCUT2D eigenvalue weighted by Gasteiger charge is -2.30. The van der Waals surface area contributed by atoms with Gasteiger partial charge in [-0.05, 0) is 48.7 Å². The van der Waals surface area contributed by atoms with E-state index in [4.69, 9.17) is 4.74 Å². The number of methoxy groups -OCH3 is 1. The van der Waals surface area contributed by atoms with E-state index < -0.39 is 15.8 Å². The van der Waals surface area contributed by atoms with Gasteiger partial charge in [-0.25, -0.2) is 12.8 Å². The van der Waals surface area contributed by atoms with Gasteiger partial charge in [0.2, 0.25) is 0 Å². The monoisotopic (exact) mass is 321 g/mol. The Morgan fingerprint density at radius 1 is 1.14 bits per heavy atom. The minimum atomic E-state index is -3.79. The van der Waals surface area contributed by atoms with Gasteiger partial charge in [0.05, 0.1) is 17.7 Å². The highest BCUT2D eigenvalue weighted by molar-refractivity contribution is 7.92. The van der Waals surface area contributed by atoms with E-state index in [1.54, 1.807) is 24.3 Å². The van der Waals surface area contributed by atoms with Crippen molar-refractivity contribution in [2.24, 2.45) is 0 Å². The molecule has 3 rings (SSSR count). The molecule has 116 valence electrons. The first kappa shape index (κ1) is 14.8. The molecule has 0 amide bonds. The van der Waals surface area contributed by atoms with Crippen molar-refractivity contribution in [2.45, 2.75) is 17.7 Å². The molecule has 22 heavy (non-hydrogen) atoms. The third kappa shape index (κ3) is 2.43. The second-order valence-corrected chi connectivity index (χ2v) is 6.97. The predicted octanol–water partition coefficient (Wildman–Crippen LogP) is 2.98. The summed E-state index contributed by atoms with van der Waals surface area (Å²) >= 11 is 0. The Hall–Kier alpha value is -2.08. The third-order valence-electron chi connectivity index (χ3n) is 3.77. The molecule has 0 spiro atoms. The van der Waals surface area contributed by atoms with Gasteiger partial charge in [-0.15, -0.1) is 0 Å². The van der Waals surface area contributed by atoms with Gasteiger partial charge in [-0.1, -0.05) is 12.1 Å². The molecule has 0 N–H and O–H groups in total. The molecule has 0 radical (unpaired) electrons. The molecule has 1 aliphatic rings. The highest BCUT2D eigenvalue weighted by atomic mass is 32.2.